The van der Waals surface area contributed by atoms with E-state index in [1.807, 2.05) is 0 Å². The van der Waals surface area contributed by atoms with Crippen molar-refractivity contribution in [1.29, 1.82) is 0 Å². The number of sulfone groups is 1. The SMILES string of the molecule is O=C(OCC(=O)N(C1CC1)[C@@H]1CCS(=O)(=O)C1)c1ccc(F)cc1. The fourth-order valence-corrected chi connectivity index (χ4v) is 4.64. The lowest BCUT2D eigenvalue weighted by Crippen LogP contribution is -2.44. The summed E-state index contributed by atoms with van der Waals surface area (Å²) in [5.41, 5.74) is 0.158. The Labute approximate surface area is 139 Å². The van der Waals surface area contributed by atoms with Crippen molar-refractivity contribution in [2.75, 3.05) is 18.1 Å². The van der Waals surface area contributed by atoms with Gasteiger partial charge < -0.3 is 9.64 Å². The van der Waals surface area contributed by atoms with Crippen LogP contribution in [-0.2, 0) is 19.4 Å². The minimum absolute atomic E-state index is 0.0266. The molecule has 8 heteroatoms. The molecule has 1 heterocycles. The van der Waals surface area contributed by atoms with E-state index in [4.69, 9.17) is 4.74 Å². The van der Waals surface area contributed by atoms with Crippen LogP contribution in [0.1, 0.15) is 29.6 Å². The highest BCUT2D eigenvalue weighted by Crippen LogP contribution is 2.32. The molecule has 1 atom stereocenters. The van der Waals surface area contributed by atoms with E-state index in [1.54, 1.807) is 4.90 Å². The highest BCUT2D eigenvalue weighted by molar-refractivity contribution is 7.91. The minimum atomic E-state index is -3.10. The van der Waals surface area contributed by atoms with E-state index in [-0.39, 0.29) is 35.1 Å². The Morgan fingerprint density at radius 1 is 1.12 bits per heavy atom. The molecule has 0 N–H and O–H groups in total. The van der Waals surface area contributed by atoms with Crippen molar-refractivity contribution < 1.29 is 27.1 Å². The Bertz CT molecular complexity index is 742. The molecule has 3 rings (SSSR count). The fraction of sp³-hybridized carbons (Fsp3) is 0.500. The molecule has 0 unspecified atom stereocenters. The average Bonchev–Trinajstić information content (AvgIpc) is 3.29. The predicted octanol–water partition coefficient (Wildman–Crippen LogP) is 1.16. The maximum atomic E-state index is 12.8. The van der Waals surface area contributed by atoms with E-state index in [0.717, 1.165) is 25.0 Å². The molecule has 6 nitrogen and oxygen atoms in total. The van der Waals surface area contributed by atoms with Gasteiger partial charge in [-0.1, -0.05) is 0 Å². The Morgan fingerprint density at radius 2 is 1.79 bits per heavy atom. The molecule has 0 radical (unpaired) electrons. The quantitative estimate of drug-likeness (QED) is 0.741. The van der Waals surface area contributed by atoms with E-state index in [1.165, 1.54) is 12.1 Å². The maximum absolute atomic E-state index is 12.8. The lowest BCUT2D eigenvalue weighted by atomic mass is 10.2. The average molecular weight is 355 g/mol. The third-order valence-corrected chi connectivity index (χ3v) is 5.99. The summed E-state index contributed by atoms with van der Waals surface area (Å²) >= 11 is 0. The first-order chi connectivity index (χ1) is 11.4. The highest BCUT2D eigenvalue weighted by Gasteiger charge is 2.42. The van der Waals surface area contributed by atoms with Gasteiger partial charge in [-0.25, -0.2) is 17.6 Å². The van der Waals surface area contributed by atoms with Crippen molar-refractivity contribution in [1.82, 2.24) is 4.90 Å². The van der Waals surface area contributed by atoms with Gasteiger partial charge >= 0.3 is 5.97 Å². The van der Waals surface area contributed by atoms with Gasteiger partial charge in [-0.05, 0) is 43.5 Å². The molecule has 1 aliphatic carbocycles. The van der Waals surface area contributed by atoms with E-state index in [9.17, 15) is 22.4 Å². The lowest BCUT2D eigenvalue weighted by molar-refractivity contribution is -0.137. The smallest absolute Gasteiger partial charge is 0.338 e. The molecule has 1 amide bonds. The number of nitrogens with zero attached hydrogens (tertiary/aromatic N) is 1. The molecule has 0 spiro atoms. The van der Waals surface area contributed by atoms with Gasteiger partial charge in [0, 0.05) is 12.1 Å². The monoisotopic (exact) mass is 355 g/mol. The Balaban J connectivity index is 1.60. The topological polar surface area (TPSA) is 80.8 Å². The number of halogens is 1. The van der Waals surface area contributed by atoms with Crippen LogP contribution >= 0.6 is 0 Å². The van der Waals surface area contributed by atoms with Gasteiger partial charge in [0.1, 0.15) is 5.82 Å². The second-order valence-corrected chi connectivity index (χ2v) is 8.40. The summed E-state index contributed by atoms with van der Waals surface area (Å²) in [4.78, 5) is 25.9. The molecule has 1 saturated carbocycles. The van der Waals surface area contributed by atoms with Crippen LogP contribution in [0.25, 0.3) is 0 Å². The highest BCUT2D eigenvalue weighted by atomic mass is 32.2. The lowest BCUT2D eigenvalue weighted by Gasteiger charge is -2.28. The van der Waals surface area contributed by atoms with Crippen LogP contribution in [0.2, 0.25) is 0 Å². The normalized spacial score (nSPS) is 22.1. The van der Waals surface area contributed by atoms with Crippen LogP contribution in [0.3, 0.4) is 0 Å². The number of hydrogen-bond acceptors (Lipinski definition) is 5. The van der Waals surface area contributed by atoms with Crippen LogP contribution in [-0.4, -0.2) is 55.4 Å². The Kier molecular flexibility index (Phi) is 4.58. The molecular formula is C16H18FNO5S. The molecule has 0 bridgehead atoms. The van der Waals surface area contributed by atoms with Crippen molar-refractivity contribution >= 4 is 21.7 Å². The number of amides is 1. The molecule has 1 aromatic rings. The van der Waals surface area contributed by atoms with Gasteiger partial charge in [0.25, 0.3) is 5.91 Å². The molecule has 1 aromatic carbocycles. The van der Waals surface area contributed by atoms with Crippen molar-refractivity contribution in [2.24, 2.45) is 0 Å². The van der Waals surface area contributed by atoms with Crippen LogP contribution in [0, 0.1) is 5.82 Å². The fourth-order valence-electron chi connectivity index (χ4n) is 2.92. The number of carbonyl (C=O) groups excluding carboxylic acids is 2. The van der Waals surface area contributed by atoms with Crippen LogP contribution < -0.4 is 0 Å². The van der Waals surface area contributed by atoms with E-state index < -0.39 is 28.2 Å². The van der Waals surface area contributed by atoms with E-state index >= 15 is 0 Å². The van der Waals surface area contributed by atoms with Crippen LogP contribution in [0.15, 0.2) is 24.3 Å². The number of ether oxygens (including phenoxy) is 1. The summed E-state index contributed by atoms with van der Waals surface area (Å²) in [7, 11) is -3.10. The molecule has 2 fully saturated rings. The number of benzene rings is 1. The van der Waals surface area contributed by atoms with Crippen molar-refractivity contribution in [3.63, 3.8) is 0 Å². The number of hydrogen-bond donors (Lipinski definition) is 0. The molecule has 1 saturated heterocycles. The van der Waals surface area contributed by atoms with Gasteiger partial charge in [-0.2, -0.15) is 0 Å². The third kappa shape index (κ3) is 3.92. The van der Waals surface area contributed by atoms with Crippen LogP contribution in [0.5, 0.6) is 0 Å². The standard InChI is InChI=1S/C16H18FNO5S/c17-12-3-1-11(2-4-12)16(20)23-9-15(19)18(13-5-6-13)14-7-8-24(21,22)10-14/h1-4,13-14H,5-10H2/t14-/m1/s1. The summed E-state index contributed by atoms with van der Waals surface area (Å²) in [5, 5.41) is 0. The molecule has 1 aliphatic heterocycles. The van der Waals surface area contributed by atoms with Gasteiger partial charge in [-0.15, -0.1) is 0 Å². The molecule has 130 valence electrons. The van der Waals surface area contributed by atoms with E-state index in [0.29, 0.717) is 6.42 Å². The zero-order valence-corrected chi connectivity index (χ0v) is 13.8. The first kappa shape index (κ1) is 16.9. The summed E-state index contributed by atoms with van der Waals surface area (Å²) in [6.45, 7) is -0.441. The summed E-state index contributed by atoms with van der Waals surface area (Å²) in [6, 6.07) is 4.55. The summed E-state index contributed by atoms with van der Waals surface area (Å²) in [6.07, 6.45) is 2.11. The number of esters is 1. The van der Waals surface area contributed by atoms with E-state index in [2.05, 4.69) is 0 Å². The van der Waals surface area contributed by atoms with Crippen molar-refractivity contribution in [3.05, 3.63) is 35.6 Å². The summed E-state index contributed by atoms with van der Waals surface area (Å²) in [5.74, 6) is -1.50. The largest absolute Gasteiger partial charge is 0.452 e. The third-order valence-electron chi connectivity index (χ3n) is 4.24. The van der Waals surface area contributed by atoms with Gasteiger partial charge in [0.2, 0.25) is 0 Å². The molecule has 2 aliphatic rings. The maximum Gasteiger partial charge on any atom is 0.338 e. The Morgan fingerprint density at radius 3 is 2.33 bits per heavy atom. The molecule has 0 aromatic heterocycles. The Hall–Kier alpha value is -1.96. The minimum Gasteiger partial charge on any atom is -0.452 e. The van der Waals surface area contributed by atoms with Crippen molar-refractivity contribution in [3.8, 4) is 0 Å². The van der Waals surface area contributed by atoms with Gasteiger partial charge in [0.05, 0.1) is 17.1 Å². The number of carbonyl (C=O) groups is 2. The first-order valence-corrected chi connectivity index (χ1v) is 9.62. The van der Waals surface area contributed by atoms with Crippen molar-refractivity contribution in [2.45, 2.75) is 31.3 Å². The first-order valence-electron chi connectivity index (χ1n) is 7.80. The van der Waals surface area contributed by atoms with Gasteiger partial charge in [0.15, 0.2) is 16.4 Å². The molecule has 24 heavy (non-hydrogen) atoms. The summed E-state index contributed by atoms with van der Waals surface area (Å²) < 4.78 is 41.1. The van der Waals surface area contributed by atoms with Gasteiger partial charge in [-0.3, -0.25) is 4.79 Å². The zero-order chi connectivity index (χ0) is 17.3. The zero-order valence-electron chi connectivity index (χ0n) is 13.0. The number of rotatable bonds is 5. The predicted molar refractivity (Wildman–Crippen MR) is 83.6 cm³/mol. The second-order valence-electron chi connectivity index (χ2n) is 6.17. The molecular weight excluding hydrogens is 337 g/mol. The van der Waals surface area contributed by atoms with Crippen LogP contribution in [0.4, 0.5) is 4.39 Å². The second kappa shape index (κ2) is 6.51.